The molecule has 0 saturated carbocycles. The zero-order valence-corrected chi connectivity index (χ0v) is 20.7. The molecule has 0 atom stereocenters. The maximum absolute atomic E-state index is 13.5. The van der Waals surface area contributed by atoms with Gasteiger partial charge in [0.2, 0.25) is 0 Å². The van der Waals surface area contributed by atoms with Crippen molar-refractivity contribution in [1.29, 1.82) is 0 Å². The van der Waals surface area contributed by atoms with E-state index >= 15 is 0 Å². The Kier molecular flexibility index (Phi) is 7.67. The average Bonchev–Trinajstić information content (AvgIpc) is 3.26. The molecular weight excluding hydrogens is 466 g/mol. The van der Waals surface area contributed by atoms with Gasteiger partial charge in [-0.2, -0.15) is 0 Å². The van der Waals surface area contributed by atoms with Gasteiger partial charge in [0.25, 0.3) is 5.91 Å². The van der Waals surface area contributed by atoms with Gasteiger partial charge in [0.1, 0.15) is 16.5 Å². The first-order valence-corrected chi connectivity index (χ1v) is 12.0. The quantitative estimate of drug-likeness (QED) is 0.452. The maximum Gasteiger partial charge on any atom is 0.410 e. The van der Waals surface area contributed by atoms with Crippen molar-refractivity contribution in [3.05, 3.63) is 70.1 Å². The number of aliphatic imine (C=N–C) groups is 1. The summed E-state index contributed by atoms with van der Waals surface area (Å²) in [5.41, 5.74) is 2.88. The predicted molar refractivity (Wildman–Crippen MR) is 137 cm³/mol. The van der Waals surface area contributed by atoms with Crippen LogP contribution in [0.15, 0.2) is 53.5 Å². The van der Waals surface area contributed by atoms with Crippen molar-refractivity contribution in [3.63, 3.8) is 0 Å². The van der Waals surface area contributed by atoms with E-state index in [1.165, 1.54) is 11.3 Å². The first kappa shape index (κ1) is 24.3. The molecule has 0 saturated heterocycles. The largest absolute Gasteiger partial charge is 0.497 e. The SMILES string of the molecule is CCOC(=O)N1CCc2c(sc(N=Cc3ccc(OC)cc3)c2C(=O)Nc2ccccc2OC)C1. The summed E-state index contributed by atoms with van der Waals surface area (Å²) in [6, 6.07) is 14.8. The lowest BCUT2D eigenvalue weighted by molar-refractivity contribution is 0.102. The first-order chi connectivity index (χ1) is 17.0. The number of methoxy groups -OCH3 is 2. The summed E-state index contributed by atoms with van der Waals surface area (Å²) in [4.78, 5) is 33.0. The van der Waals surface area contributed by atoms with E-state index in [0.29, 0.717) is 48.1 Å². The number of thiophene rings is 1. The molecular formula is C26H27N3O5S. The van der Waals surface area contributed by atoms with Crippen LogP contribution in [0.2, 0.25) is 0 Å². The van der Waals surface area contributed by atoms with Crippen LogP contribution in [-0.4, -0.2) is 50.5 Å². The smallest absolute Gasteiger partial charge is 0.410 e. The second-order valence-electron chi connectivity index (χ2n) is 7.74. The molecule has 1 aliphatic heterocycles. The molecule has 0 bridgehead atoms. The summed E-state index contributed by atoms with van der Waals surface area (Å²) < 4.78 is 15.8. The minimum Gasteiger partial charge on any atom is -0.497 e. The van der Waals surface area contributed by atoms with Crippen molar-refractivity contribution in [3.8, 4) is 11.5 Å². The molecule has 1 N–H and O–H groups in total. The van der Waals surface area contributed by atoms with Crippen molar-refractivity contribution in [1.82, 2.24) is 4.90 Å². The first-order valence-electron chi connectivity index (χ1n) is 11.2. The summed E-state index contributed by atoms with van der Waals surface area (Å²) >= 11 is 1.41. The van der Waals surface area contributed by atoms with Crippen LogP contribution in [0, 0.1) is 0 Å². The molecule has 0 fully saturated rings. The molecule has 0 radical (unpaired) electrons. The van der Waals surface area contributed by atoms with Gasteiger partial charge in [0, 0.05) is 17.6 Å². The Balaban J connectivity index is 1.68. The van der Waals surface area contributed by atoms with Gasteiger partial charge in [-0.15, -0.1) is 11.3 Å². The Labute approximate surface area is 208 Å². The molecule has 2 heterocycles. The van der Waals surface area contributed by atoms with Crippen molar-refractivity contribution < 1.29 is 23.8 Å². The zero-order valence-electron chi connectivity index (χ0n) is 19.9. The second-order valence-corrected chi connectivity index (χ2v) is 8.82. The van der Waals surface area contributed by atoms with Gasteiger partial charge < -0.3 is 24.4 Å². The molecule has 8 nitrogen and oxygen atoms in total. The number of amides is 2. The fraction of sp³-hybridized carbons (Fsp3) is 0.269. The van der Waals surface area contributed by atoms with E-state index in [9.17, 15) is 9.59 Å². The molecule has 1 aliphatic rings. The highest BCUT2D eigenvalue weighted by molar-refractivity contribution is 7.16. The Bertz CT molecular complexity index is 1240. The molecule has 35 heavy (non-hydrogen) atoms. The Morgan fingerprint density at radius 2 is 1.89 bits per heavy atom. The van der Waals surface area contributed by atoms with E-state index in [1.807, 2.05) is 36.4 Å². The number of carbonyl (C=O) groups is 2. The molecule has 2 aromatic carbocycles. The van der Waals surface area contributed by atoms with Crippen LogP contribution >= 0.6 is 11.3 Å². The highest BCUT2D eigenvalue weighted by Gasteiger charge is 2.30. The van der Waals surface area contributed by atoms with Crippen molar-refractivity contribution in [2.75, 3.05) is 32.7 Å². The third-order valence-corrected chi connectivity index (χ3v) is 6.72. The van der Waals surface area contributed by atoms with Gasteiger partial charge in [-0.1, -0.05) is 12.1 Å². The van der Waals surface area contributed by atoms with Gasteiger partial charge >= 0.3 is 6.09 Å². The highest BCUT2D eigenvalue weighted by atomic mass is 32.1. The minimum atomic E-state index is -0.352. The van der Waals surface area contributed by atoms with Gasteiger partial charge in [-0.3, -0.25) is 4.79 Å². The van der Waals surface area contributed by atoms with Gasteiger partial charge in [0.15, 0.2) is 0 Å². The fourth-order valence-corrected chi connectivity index (χ4v) is 5.05. The number of para-hydroxylation sites is 2. The Hall–Kier alpha value is -3.85. The standard InChI is InChI=1S/C26H27N3O5S/c1-4-34-26(31)29-14-13-19-22(16-29)35-25(27-15-17-9-11-18(32-2)12-10-17)23(19)24(30)28-20-7-5-6-8-21(20)33-3/h5-12,15H,4,13-14,16H2,1-3H3,(H,28,30). The highest BCUT2D eigenvalue weighted by Crippen LogP contribution is 2.40. The predicted octanol–water partition coefficient (Wildman–Crippen LogP) is 5.28. The van der Waals surface area contributed by atoms with Gasteiger partial charge in [-0.05, 0) is 60.9 Å². The second kappa shape index (κ2) is 11.1. The lowest BCUT2D eigenvalue weighted by atomic mass is 10.0. The number of hydrogen-bond acceptors (Lipinski definition) is 7. The zero-order chi connectivity index (χ0) is 24.8. The Morgan fingerprint density at radius 3 is 2.60 bits per heavy atom. The summed E-state index contributed by atoms with van der Waals surface area (Å²) in [5.74, 6) is 1.06. The average molecular weight is 494 g/mol. The number of ether oxygens (including phenoxy) is 3. The summed E-state index contributed by atoms with van der Waals surface area (Å²) in [7, 11) is 3.18. The molecule has 1 aromatic heterocycles. The number of rotatable bonds is 7. The van der Waals surface area contributed by atoms with Crippen molar-refractivity contribution >= 4 is 40.2 Å². The number of nitrogens with zero attached hydrogens (tertiary/aromatic N) is 2. The van der Waals surface area contributed by atoms with Crippen LogP contribution in [0.4, 0.5) is 15.5 Å². The third-order valence-electron chi connectivity index (χ3n) is 5.59. The molecule has 9 heteroatoms. The van der Waals surface area contributed by atoms with Crippen molar-refractivity contribution in [2.24, 2.45) is 4.99 Å². The molecule has 0 unspecified atom stereocenters. The molecule has 2 amide bonds. The van der Waals surface area contributed by atoms with Crippen LogP contribution in [0.5, 0.6) is 11.5 Å². The number of carbonyl (C=O) groups excluding carboxylic acids is 2. The lowest BCUT2D eigenvalue weighted by Crippen LogP contribution is -2.36. The fourth-order valence-electron chi connectivity index (χ4n) is 3.84. The molecule has 0 spiro atoms. The van der Waals surface area contributed by atoms with E-state index in [4.69, 9.17) is 14.2 Å². The Morgan fingerprint density at radius 1 is 1.11 bits per heavy atom. The van der Waals surface area contributed by atoms with Crippen LogP contribution in [0.1, 0.15) is 33.3 Å². The number of nitrogens with one attached hydrogen (secondary N) is 1. The normalized spacial score (nSPS) is 12.8. The number of benzene rings is 2. The lowest BCUT2D eigenvalue weighted by Gasteiger charge is -2.26. The minimum absolute atomic E-state index is 0.265. The molecule has 0 aliphatic carbocycles. The third kappa shape index (κ3) is 5.46. The van der Waals surface area contributed by atoms with E-state index in [2.05, 4.69) is 10.3 Å². The van der Waals surface area contributed by atoms with Crippen LogP contribution in [0.25, 0.3) is 0 Å². The summed E-state index contributed by atoms with van der Waals surface area (Å²) in [6.07, 6.45) is 1.91. The topological polar surface area (TPSA) is 89.5 Å². The van der Waals surface area contributed by atoms with E-state index in [-0.39, 0.29) is 12.0 Å². The summed E-state index contributed by atoms with van der Waals surface area (Å²) in [5, 5.41) is 3.56. The molecule has 182 valence electrons. The number of fused-ring (bicyclic) bond motifs is 1. The van der Waals surface area contributed by atoms with Crippen LogP contribution < -0.4 is 14.8 Å². The van der Waals surface area contributed by atoms with E-state index in [1.54, 1.807) is 44.4 Å². The van der Waals surface area contributed by atoms with Crippen LogP contribution in [-0.2, 0) is 17.7 Å². The van der Waals surface area contributed by atoms with E-state index < -0.39 is 0 Å². The molecule has 4 rings (SSSR count). The van der Waals surface area contributed by atoms with Crippen LogP contribution in [0.3, 0.4) is 0 Å². The van der Waals surface area contributed by atoms with Crippen molar-refractivity contribution in [2.45, 2.75) is 19.9 Å². The van der Waals surface area contributed by atoms with Gasteiger partial charge in [-0.25, -0.2) is 9.79 Å². The van der Waals surface area contributed by atoms with E-state index in [0.717, 1.165) is 21.8 Å². The number of hydrogen-bond donors (Lipinski definition) is 1. The van der Waals surface area contributed by atoms with Gasteiger partial charge in [0.05, 0.1) is 38.6 Å². The monoisotopic (exact) mass is 493 g/mol. The number of anilines is 1. The molecule has 3 aromatic rings. The maximum atomic E-state index is 13.5. The summed E-state index contributed by atoms with van der Waals surface area (Å²) in [6.45, 7) is 2.95.